The van der Waals surface area contributed by atoms with Crippen molar-refractivity contribution >= 4 is 233 Å². The van der Waals surface area contributed by atoms with Gasteiger partial charge in [0, 0.05) is 101 Å². The van der Waals surface area contributed by atoms with E-state index in [2.05, 4.69) is 328 Å². The molecular weight excluding hydrogens is 1220 g/mol. The second-order valence-corrected chi connectivity index (χ2v) is 29.1. The van der Waals surface area contributed by atoms with Crippen LogP contribution >= 0.6 is 56.7 Å². The summed E-state index contributed by atoms with van der Waals surface area (Å²) in [5.74, 6) is 0. The van der Waals surface area contributed by atoms with Crippen molar-refractivity contribution in [3.05, 3.63) is 328 Å². The molecule has 22 aromatic rings. The van der Waals surface area contributed by atoms with Gasteiger partial charge in [0.15, 0.2) is 0 Å². The van der Waals surface area contributed by atoms with Crippen molar-refractivity contribution in [2.75, 3.05) is 0 Å². The van der Waals surface area contributed by atoms with E-state index in [4.69, 9.17) is 0 Å². The number of rotatable bonds is 0. The Morgan fingerprint density at radius 2 is 0.398 bits per heavy atom. The maximum Gasteiger partial charge on any atom is 0.0433 e. The fraction of sp³-hybridized carbons (Fsp3) is 0. The smallest absolute Gasteiger partial charge is 0.0433 e. The van der Waals surface area contributed by atoms with Gasteiger partial charge in [-0.3, -0.25) is 0 Å². The Kier molecular flexibility index (Phi) is 14.0. The van der Waals surface area contributed by atoms with Gasteiger partial charge in [-0.05, 0) is 148 Å². The lowest BCUT2D eigenvalue weighted by molar-refractivity contribution is 1.81. The number of fused-ring (bicyclic) bond motifs is 26. The van der Waals surface area contributed by atoms with Crippen molar-refractivity contribution in [2.45, 2.75) is 0 Å². The van der Waals surface area contributed by atoms with E-state index in [0.717, 1.165) is 0 Å². The van der Waals surface area contributed by atoms with Crippen LogP contribution in [-0.2, 0) is 0 Å². The molecule has 0 nitrogen and oxygen atoms in total. The molecule has 0 saturated carbocycles. The van der Waals surface area contributed by atoms with Crippen LogP contribution in [0.25, 0.3) is 176 Å². The standard InChI is InChI=1S/2C20H12S.3C16H10S/c1-3-7-15-11-19-17(9-13(15)5-1)18-10-14-6-2-4-8-16(14)12-20(18)21-19;1-3-7-15-13(5-1)9-11-17-19(15)20-16-8-4-2-6-14(16)10-12-18(20)21-17;1-2-6-12-10-16-14(9-11(12)5-1)13-7-3-4-8-15(13)17-16;1-2-6-12-11(5-1)9-10-14-13-7-3-4-8-15(13)17-16(12)14;1-2-6-12-11(5-1)9-10-15-16(12)13-7-3-4-8-14(13)17-15/h2*1-12H;3*1-10H. The average Bonchev–Trinajstić information content (AvgIpc) is 1.65. The summed E-state index contributed by atoms with van der Waals surface area (Å²) < 4.78 is 13.8. The molecule has 5 aromatic heterocycles. The lowest BCUT2D eigenvalue weighted by Gasteiger charge is -2.03. The van der Waals surface area contributed by atoms with Gasteiger partial charge in [-0.25, -0.2) is 0 Å². The highest BCUT2D eigenvalue weighted by Crippen LogP contribution is 2.44. The first-order valence-corrected chi connectivity index (χ1v) is 35.5. The van der Waals surface area contributed by atoms with Crippen LogP contribution in [-0.4, -0.2) is 0 Å². The van der Waals surface area contributed by atoms with Crippen LogP contribution in [0.15, 0.2) is 328 Å². The lowest BCUT2D eigenvalue weighted by atomic mass is 10.00. The molecular formula is C88H54S5. The van der Waals surface area contributed by atoms with E-state index in [1.807, 2.05) is 56.7 Å². The summed E-state index contributed by atoms with van der Waals surface area (Å²) in [6.07, 6.45) is 0. The molecule has 5 heteroatoms. The first-order valence-electron chi connectivity index (χ1n) is 31.4. The van der Waals surface area contributed by atoms with Crippen LogP contribution in [0.2, 0.25) is 0 Å². The molecule has 0 unspecified atom stereocenters. The van der Waals surface area contributed by atoms with Crippen molar-refractivity contribution in [2.24, 2.45) is 0 Å². The average molecular weight is 1270 g/mol. The maximum absolute atomic E-state index is 2.33. The highest BCUT2D eigenvalue weighted by molar-refractivity contribution is 7.28. The van der Waals surface area contributed by atoms with Crippen LogP contribution in [0.3, 0.4) is 0 Å². The van der Waals surface area contributed by atoms with E-state index >= 15 is 0 Å². The molecule has 5 heterocycles. The summed E-state index contributed by atoms with van der Waals surface area (Å²) in [6.45, 7) is 0. The Hall–Kier alpha value is -10.3. The molecule has 0 bridgehead atoms. The summed E-state index contributed by atoms with van der Waals surface area (Å²) in [4.78, 5) is 0. The van der Waals surface area contributed by atoms with Crippen molar-refractivity contribution < 1.29 is 0 Å². The molecule has 0 aliphatic heterocycles. The van der Waals surface area contributed by atoms with Crippen LogP contribution in [0.4, 0.5) is 0 Å². The third kappa shape index (κ3) is 10.00. The maximum atomic E-state index is 2.33. The van der Waals surface area contributed by atoms with Crippen LogP contribution in [0, 0.1) is 0 Å². The fourth-order valence-corrected chi connectivity index (χ4v) is 19.6. The molecule has 0 radical (unpaired) electrons. The molecule has 0 fully saturated rings. The summed E-state index contributed by atoms with van der Waals surface area (Å²) in [7, 11) is 0. The second kappa shape index (κ2) is 23.4. The van der Waals surface area contributed by atoms with E-state index in [1.54, 1.807) is 0 Å². The van der Waals surface area contributed by atoms with Crippen molar-refractivity contribution in [1.82, 2.24) is 0 Å². The van der Waals surface area contributed by atoms with Crippen LogP contribution in [0.5, 0.6) is 0 Å². The first-order chi connectivity index (χ1) is 46.1. The summed E-state index contributed by atoms with van der Waals surface area (Å²) in [5.41, 5.74) is 0. The second-order valence-electron chi connectivity index (χ2n) is 23.7. The Morgan fingerprint density at radius 1 is 0.129 bits per heavy atom. The van der Waals surface area contributed by atoms with Crippen LogP contribution < -0.4 is 0 Å². The zero-order valence-corrected chi connectivity index (χ0v) is 54.3. The number of benzene rings is 17. The third-order valence-corrected chi connectivity index (χ3v) is 24.0. The molecule has 0 amide bonds. The molecule has 436 valence electrons. The number of thiophene rings is 5. The Labute approximate surface area is 555 Å². The molecule has 0 aliphatic carbocycles. The summed E-state index contributed by atoms with van der Waals surface area (Å²) in [5, 5.41) is 32.5. The number of hydrogen-bond donors (Lipinski definition) is 0. The fourth-order valence-electron chi connectivity index (χ4n) is 13.8. The van der Waals surface area contributed by atoms with Gasteiger partial charge in [0.1, 0.15) is 0 Å². The van der Waals surface area contributed by atoms with E-state index in [0.29, 0.717) is 0 Å². The molecule has 93 heavy (non-hydrogen) atoms. The summed E-state index contributed by atoms with van der Waals surface area (Å²) >= 11 is 9.43. The van der Waals surface area contributed by atoms with Crippen LogP contribution in [0.1, 0.15) is 0 Å². The van der Waals surface area contributed by atoms with Crippen molar-refractivity contribution in [1.29, 1.82) is 0 Å². The van der Waals surface area contributed by atoms with Gasteiger partial charge in [-0.1, -0.05) is 255 Å². The predicted molar refractivity (Wildman–Crippen MR) is 419 cm³/mol. The number of hydrogen-bond acceptors (Lipinski definition) is 5. The van der Waals surface area contributed by atoms with Gasteiger partial charge < -0.3 is 0 Å². The highest BCUT2D eigenvalue weighted by atomic mass is 32.1. The predicted octanol–water partition coefficient (Wildman–Crippen LogP) is 28.3. The molecule has 0 saturated heterocycles. The van der Waals surface area contributed by atoms with E-state index in [9.17, 15) is 0 Å². The van der Waals surface area contributed by atoms with E-state index in [-0.39, 0.29) is 0 Å². The normalized spacial score (nSPS) is 11.7. The molecule has 17 aromatic carbocycles. The molecule has 0 N–H and O–H groups in total. The van der Waals surface area contributed by atoms with Gasteiger partial charge in [0.25, 0.3) is 0 Å². The van der Waals surface area contributed by atoms with Gasteiger partial charge in [-0.2, -0.15) is 0 Å². The van der Waals surface area contributed by atoms with E-state index in [1.165, 1.54) is 176 Å². The van der Waals surface area contributed by atoms with Crippen molar-refractivity contribution in [3.63, 3.8) is 0 Å². The Morgan fingerprint density at radius 3 is 0.860 bits per heavy atom. The molecule has 0 spiro atoms. The zero-order chi connectivity index (χ0) is 61.3. The Balaban J connectivity index is 0.0000000859. The minimum absolute atomic E-state index is 1.32. The monoisotopic (exact) mass is 1270 g/mol. The van der Waals surface area contributed by atoms with Crippen molar-refractivity contribution in [3.8, 4) is 0 Å². The largest absolute Gasteiger partial charge is 0.135 e. The quantitative estimate of drug-likeness (QED) is 0.142. The van der Waals surface area contributed by atoms with Gasteiger partial charge in [-0.15, -0.1) is 56.7 Å². The topological polar surface area (TPSA) is 0 Å². The van der Waals surface area contributed by atoms with Gasteiger partial charge in [0.05, 0.1) is 0 Å². The molecule has 22 rings (SSSR count). The lowest BCUT2D eigenvalue weighted by Crippen LogP contribution is -1.76. The van der Waals surface area contributed by atoms with E-state index < -0.39 is 0 Å². The Bertz CT molecular complexity index is 6420. The highest BCUT2D eigenvalue weighted by Gasteiger charge is 2.14. The molecule has 0 atom stereocenters. The van der Waals surface area contributed by atoms with Gasteiger partial charge >= 0.3 is 0 Å². The summed E-state index contributed by atoms with van der Waals surface area (Å²) in [6, 6.07) is 118. The molecule has 0 aliphatic rings. The minimum atomic E-state index is 1.32. The zero-order valence-electron chi connectivity index (χ0n) is 50.2. The minimum Gasteiger partial charge on any atom is -0.135 e. The SMILES string of the molecule is c1ccc2c(c1)ccc1c3ccccc3sc21.c1ccc2c(c1)ccc1sc3ccc4ccccc4c3c12.c1ccc2c(c1)ccc1sc3ccccc3c12.c1ccc2cc3c(cc2c1)sc1cc2ccccc2cc13.c1ccc2cc3c(cc2c1)sc1ccccc13. The first kappa shape index (κ1) is 55.5. The third-order valence-electron chi connectivity index (χ3n) is 18.2. The van der Waals surface area contributed by atoms with Gasteiger partial charge in [0.2, 0.25) is 0 Å².